The number of nitro groups is 1. The molecule has 1 heterocycles. The first-order valence-corrected chi connectivity index (χ1v) is 12.2. The average Bonchev–Trinajstić information content (AvgIpc) is 2.92. The number of urea groups is 1. The zero-order valence-corrected chi connectivity index (χ0v) is 21.3. The molecule has 194 valence electrons. The third-order valence-electron chi connectivity index (χ3n) is 6.28. The number of benzene rings is 4. The summed E-state index contributed by atoms with van der Waals surface area (Å²) in [4.78, 5) is 50.3. The zero-order chi connectivity index (χ0) is 27.7. The Balaban J connectivity index is 1.55. The lowest BCUT2D eigenvalue weighted by Gasteiger charge is -2.27. The third kappa shape index (κ3) is 5.07. The van der Waals surface area contributed by atoms with Crippen molar-refractivity contribution in [2.45, 2.75) is 13.5 Å². The second-order valence-electron chi connectivity index (χ2n) is 8.80. The highest BCUT2D eigenvalue weighted by Crippen LogP contribution is 2.33. The fourth-order valence-corrected chi connectivity index (χ4v) is 4.36. The molecule has 4 amide bonds. The molecule has 9 nitrogen and oxygen atoms in total. The summed E-state index contributed by atoms with van der Waals surface area (Å²) in [5.74, 6) is -1.27. The predicted molar refractivity (Wildman–Crippen MR) is 147 cm³/mol. The number of amides is 4. The molecule has 10 heteroatoms. The number of non-ortho nitro benzene ring substituents is 1. The Labute approximate surface area is 227 Å². The summed E-state index contributed by atoms with van der Waals surface area (Å²) in [5, 5.41) is 15.1. The lowest BCUT2D eigenvalue weighted by Crippen LogP contribution is -2.54. The number of carbonyl (C=O) groups excluding carboxylic acids is 3. The van der Waals surface area contributed by atoms with E-state index in [9.17, 15) is 24.5 Å². The zero-order valence-electron chi connectivity index (χ0n) is 20.5. The van der Waals surface area contributed by atoms with Crippen molar-refractivity contribution in [3.63, 3.8) is 0 Å². The van der Waals surface area contributed by atoms with Gasteiger partial charge in [0.15, 0.2) is 0 Å². The van der Waals surface area contributed by atoms with E-state index in [1.807, 2.05) is 30.3 Å². The summed E-state index contributed by atoms with van der Waals surface area (Å²) in [7, 11) is 0. The molecule has 0 bridgehead atoms. The molecule has 0 atom stereocenters. The van der Waals surface area contributed by atoms with Crippen LogP contribution in [-0.2, 0) is 16.2 Å². The molecule has 1 fully saturated rings. The number of aryl methyl sites for hydroxylation is 1. The second kappa shape index (κ2) is 10.4. The number of hydrogen-bond acceptors (Lipinski definition) is 6. The molecule has 4 aromatic rings. The number of barbiturate groups is 1. The SMILES string of the molecule is Cc1ccc(N2C(=O)NC(=O)/C(=C\c3c(OCc4ccc([N+](=O)[O-])cc4)ccc4ccccc34)C2=O)cc1Cl. The number of imide groups is 2. The second-order valence-corrected chi connectivity index (χ2v) is 9.21. The molecule has 5 rings (SSSR count). The van der Waals surface area contributed by atoms with Crippen LogP contribution in [0.2, 0.25) is 5.02 Å². The molecule has 0 radical (unpaired) electrons. The monoisotopic (exact) mass is 541 g/mol. The van der Waals surface area contributed by atoms with Crippen LogP contribution < -0.4 is 15.0 Å². The number of ether oxygens (including phenoxy) is 1. The molecule has 0 saturated carbocycles. The highest BCUT2D eigenvalue weighted by molar-refractivity contribution is 6.40. The van der Waals surface area contributed by atoms with Crippen LogP contribution in [0.25, 0.3) is 16.8 Å². The number of anilines is 1. The molecular formula is C29H20ClN3O6. The van der Waals surface area contributed by atoms with Gasteiger partial charge in [-0.15, -0.1) is 0 Å². The fraction of sp³-hybridized carbons (Fsp3) is 0.0690. The van der Waals surface area contributed by atoms with Gasteiger partial charge in [-0.25, -0.2) is 9.69 Å². The number of nitrogens with one attached hydrogen (secondary N) is 1. The lowest BCUT2D eigenvalue weighted by molar-refractivity contribution is -0.384. The van der Waals surface area contributed by atoms with E-state index in [0.29, 0.717) is 27.3 Å². The highest BCUT2D eigenvalue weighted by Gasteiger charge is 2.37. The summed E-state index contributed by atoms with van der Waals surface area (Å²) in [6, 6.07) is 20.7. The molecule has 1 aliphatic rings. The van der Waals surface area contributed by atoms with Gasteiger partial charge in [-0.3, -0.25) is 25.0 Å². The van der Waals surface area contributed by atoms with E-state index in [1.165, 1.54) is 24.3 Å². The molecule has 0 aromatic heterocycles. The molecule has 0 aliphatic carbocycles. The Kier molecular flexibility index (Phi) is 6.83. The van der Waals surface area contributed by atoms with Crippen molar-refractivity contribution in [3.05, 3.63) is 116 Å². The van der Waals surface area contributed by atoms with Gasteiger partial charge < -0.3 is 4.74 Å². The van der Waals surface area contributed by atoms with E-state index >= 15 is 0 Å². The minimum atomic E-state index is -0.880. The van der Waals surface area contributed by atoms with Crippen LogP contribution in [0.1, 0.15) is 16.7 Å². The molecule has 0 unspecified atom stereocenters. The Morgan fingerprint density at radius 3 is 2.46 bits per heavy atom. The normalized spacial score (nSPS) is 14.6. The standard InChI is InChI=1S/C29H20ClN3O6/c1-17-6-10-21(14-25(17)30)32-28(35)24(27(34)31-29(32)36)15-23-22-5-3-2-4-19(22)9-13-26(23)39-16-18-7-11-20(12-8-18)33(37)38/h2-15H,16H2,1H3,(H,31,34,36)/b24-15+. The Bertz CT molecular complexity index is 1700. The Morgan fingerprint density at radius 1 is 1.00 bits per heavy atom. The Hall–Kier alpha value is -5.02. The molecule has 1 aliphatic heterocycles. The van der Waals surface area contributed by atoms with E-state index < -0.39 is 22.8 Å². The van der Waals surface area contributed by atoms with Crippen molar-refractivity contribution in [2.24, 2.45) is 0 Å². The quantitative estimate of drug-likeness (QED) is 0.139. The van der Waals surface area contributed by atoms with E-state index in [1.54, 1.807) is 37.3 Å². The van der Waals surface area contributed by atoms with Gasteiger partial charge in [-0.2, -0.15) is 0 Å². The first kappa shape index (κ1) is 25.6. The van der Waals surface area contributed by atoms with Gasteiger partial charge in [0.1, 0.15) is 17.9 Å². The first-order chi connectivity index (χ1) is 18.7. The van der Waals surface area contributed by atoms with E-state index in [-0.39, 0.29) is 23.6 Å². The van der Waals surface area contributed by atoms with Crippen LogP contribution >= 0.6 is 11.6 Å². The number of fused-ring (bicyclic) bond motifs is 1. The number of nitrogens with zero attached hydrogens (tertiary/aromatic N) is 2. The predicted octanol–water partition coefficient (Wildman–Crippen LogP) is 5.96. The largest absolute Gasteiger partial charge is 0.488 e. The number of halogens is 1. The van der Waals surface area contributed by atoms with Crippen molar-refractivity contribution >= 4 is 57.7 Å². The number of rotatable bonds is 6. The van der Waals surface area contributed by atoms with E-state index in [2.05, 4.69) is 5.32 Å². The summed E-state index contributed by atoms with van der Waals surface area (Å²) < 4.78 is 6.05. The summed E-state index contributed by atoms with van der Waals surface area (Å²) >= 11 is 6.22. The van der Waals surface area contributed by atoms with Gasteiger partial charge in [0.2, 0.25) is 0 Å². The van der Waals surface area contributed by atoms with Gasteiger partial charge in [-0.1, -0.05) is 48.0 Å². The maximum Gasteiger partial charge on any atom is 0.335 e. The highest BCUT2D eigenvalue weighted by atomic mass is 35.5. The minimum absolute atomic E-state index is 0.0364. The number of carbonyl (C=O) groups is 3. The van der Waals surface area contributed by atoms with Gasteiger partial charge >= 0.3 is 6.03 Å². The smallest absolute Gasteiger partial charge is 0.335 e. The maximum atomic E-state index is 13.5. The van der Waals surface area contributed by atoms with Crippen LogP contribution in [-0.4, -0.2) is 22.8 Å². The summed E-state index contributed by atoms with van der Waals surface area (Å²) in [6.45, 7) is 1.87. The van der Waals surface area contributed by atoms with Gasteiger partial charge in [0, 0.05) is 22.7 Å². The van der Waals surface area contributed by atoms with Crippen LogP contribution in [0.5, 0.6) is 5.75 Å². The van der Waals surface area contributed by atoms with E-state index in [4.69, 9.17) is 16.3 Å². The topological polar surface area (TPSA) is 119 Å². The minimum Gasteiger partial charge on any atom is -0.488 e. The van der Waals surface area contributed by atoms with Crippen molar-refractivity contribution in [3.8, 4) is 5.75 Å². The molecule has 0 spiro atoms. The molecule has 1 saturated heterocycles. The Morgan fingerprint density at radius 2 is 1.74 bits per heavy atom. The van der Waals surface area contributed by atoms with Crippen LogP contribution in [0.4, 0.5) is 16.2 Å². The fourth-order valence-electron chi connectivity index (χ4n) is 4.18. The summed E-state index contributed by atoms with van der Waals surface area (Å²) in [6.07, 6.45) is 1.40. The number of hydrogen-bond donors (Lipinski definition) is 1. The van der Waals surface area contributed by atoms with Crippen LogP contribution in [0, 0.1) is 17.0 Å². The third-order valence-corrected chi connectivity index (χ3v) is 6.68. The summed E-state index contributed by atoms with van der Waals surface area (Å²) in [5.41, 5.74) is 1.84. The molecular weight excluding hydrogens is 522 g/mol. The maximum absolute atomic E-state index is 13.5. The molecule has 39 heavy (non-hydrogen) atoms. The number of nitro benzene ring substituents is 1. The molecule has 1 N–H and O–H groups in total. The first-order valence-electron chi connectivity index (χ1n) is 11.8. The van der Waals surface area contributed by atoms with Gasteiger partial charge in [0.05, 0.1) is 10.6 Å². The van der Waals surface area contributed by atoms with E-state index in [0.717, 1.165) is 15.8 Å². The van der Waals surface area contributed by atoms with Crippen LogP contribution in [0.15, 0.2) is 84.4 Å². The van der Waals surface area contributed by atoms with Gasteiger partial charge in [0.25, 0.3) is 17.5 Å². The lowest BCUT2D eigenvalue weighted by atomic mass is 9.99. The van der Waals surface area contributed by atoms with Crippen molar-refractivity contribution in [1.29, 1.82) is 0 Å². The molecule has 4 aromatic carbocycles. The van der Waals surface area contributed by atoms with Crippen molar-refractivity contribution in [2.75, 3.05) is 4.90 Å². The average molecular weight is 542 g/mol. The van der Waals surface area contributed by atoms with Crippen LogP contribution in [0.3, 0.4) is 0 Å². The van der Waals surface area contributed by atoms with Crippen molar-refractivity contribution < 1.29 is 24.0 Å². The van der Waals surface area contributed by atoms with Crippen molar-refractivity contribution in [1.82, 2.24) is 5.32 Å². The van der Waals surface area contributed by atoms with Gasteiger partial charge in [-0.05, 0) is 65.2 Å².